The quantitative estimate of drug-likeness (QED) is 0.644. The number of ether oxygens (including phenoxy) is 1. The fraction of sp³-hybridized carbons (Fsp3) is 0.222. The summed E-state index contributed by atoms with van der Waals surface area (Å²) in [5.41, 5.74) is -1.25. The Morgan fingerprint density at radius 1 is 1.12 bits per heavy atom. The van der Waals surface area contributed by atoms with Crippen molar-refractivity contribution in [3.05, 3.63) is 65.0 Å². The summed E-state index contributed by atoms with van der Waals surface area (Å²) in [5.74, 6) is -2.52. The molecule has 0 saturated carbocycles. The molecular formula is C18H15F4NO3. The van der Waals surface area contributed by atoms with Gasteiger partial charge in [-0.3, -0.25) is 4.79 Å². The summed E-state index contributed by atoms with van der Waals surface area (Å²) < 4.78 is 57.2. The molecule has 2 rings (SSSR count). The molecule has 0 heterocycles. The number of alkyl halides is 3. The van der Waals surface area contributed by atoms with E-state index in [0.29, 0.717) is 5.56 Å². The molecule has 2 aromatic rings. The molecule has 1 atom stereocenters. The van der Waals surface area contributed by atoms with Gasteiger partial charge in [-0.1, -0.05) is 18.2 Å². The molecular weight excluding hydrogens is 354 g/mol. The highest BCUT2D eigenvalue weighted by atomic mass is 19.4. The third-order valence-corrected chi connectivity index (χ3v) is 3.55. The minimum atomic E-state index is -4.65. The van der Waals surface area contributed by atoms with Crippen LogP contribution in [0.3, 0.4) is 0 Å². The predicted octanol–water partition coefficient (Wildman–Crippen LogP) is 4.34. The number of anilines is 1. The number of halogens is 4. The van der Waals surface area contributed by atoms with Gasteiger partial charge in [0.25, 0.3) is 5.91 Å². The highest BCUT2D eigenvalue weighted by Crippen LogP contribution is 2.34. The maximum absolute atomic E-state index is 13.5. The van der Waals surface area contributed by atoms with Gasteiger partial charge < -0.3 is 10.1 Å². The van der Waals surface area contributed by atoms with E-state index in [2.05, 4.69) is 5.32 Å². The van der Waals surface area contributed by atoms with E-state index in [1.807, 2.05) is 0 Å². The lowest BCUT2D eigenvalue weighted by molar-refractivity contribution is -0.137. The van der Waals surface area contributed by atoms with Gasteiger partial charge in [0.1, 0.15) is 5.82 Å². The molecule has 1 amide bonds. The van der Waals surface area contributed by atoms with Gasteiger partial charge in [0, 0.05) is 0 Å². The minimum Gasteiger partial charge on any atom is -0.449 e. The second-order valence-electron chi connectivity index (χ2n) is 5.54. The number of nitrogens with one attached hydrogen (secondary N) is 1. The van der Waals surface area contributed by atoms with E-state index in [4.69, 9.17) is 4.74 Å². The van der Waals surface area contributed by atoms with Crippen LogP contribution in [-0.4, -0.2) is 18.0 Å². The van der Waals surface area contributed by atoms with Crippen molar-refractivity contribution in [3.63, 3.8) is 0 Å². The zero-order valence-corrected chi connectivity index (χ0v) is 13.9. The van der Waals surface area contributed by atoms with Crippen LogP contribution in [0.5, 0.6) is 0 Å². The molecule has 0 radical (unpaired) electrons. The topological polar surface area (TPSA) is 55.4 Å². The molecule has 4 nitrogen and oxygen atoms in total. The van der Waals surface area contributed by atoms with Crippen molar-refractivity contribution >= 4 is 17.6 Å². The summed E-state index contributed by atoms with van der Waals surface area (Å²) in [6.45, 7) is 2.71. The van der Waals surface area contributed by atoms with Crippen LogP contribution in [0, 0.1) is 12.7 Å². The lowest BCUT2D eigenvalue weighted by atomic mass is 10.1. The Kier molecular flexibility index (Phi) is 5.64. The molecule has 0 bridgehead atoms. The molecule has 0 aromatic heterocycles. The number of hydrogen-bond acceptors (Lipinski definition) is 3. The Morgan fingerprint density at radius 2 is 1.77 bits per heavy atom. The van der Waals surface area contributed by atoms with Gasteiger partial charge in [-0.15, -0.1) is 0 Å². The Hall–Kier alpha value is -2.90. The van der Waals surface area contributed by atoms with Gasteiger partial charge in [-0.05, 0) is 43.7 Å². The second-order valence-corrected chi connectivity index (χ2v) is 5.54. The van der Waals surface area contributed by atoms with Gasteiger partial charge in [-0.25, -0.2) is 9.18 Å². The standard InChI is InChI=1S/C18H15F4NO3/c1-10-7-8-12(9-14(10)19)17(25)26-11(2)16(24)23-15-6-4-3-5-13(15)18(20,21)22/h3-9,11H,1-2H3,(H,23,24)/t11-/m1/s1. The third kappa shape index (κ3) is 4.59. The van der Waals surface area contributed by atoms with E-state index < -0.39 is 41.2 Å². The van der Waals surface area contributed by atoms with Crippen molar-refractivity contribution < 1.29 is 31.9 Å². The van der Waals surface area contributed by atoms with Crippen molar-refractivity contribution in [2.75, 3.05) is 5.32 Å². The Morgan fingerprint density at radius 3 is 2.38 bits per heavy atom. The fourth-order valence-electron chi connectivity index (χ4n) is 2.08. The number of amides is 1. The lowest BCUT2D eigenvalue weighted by Crippen LogP contribution is -2.30. The van der Waals surface area contributed by atoms with Crippen molar-refractivity contribution in [1.82, 2.24) is 0 Å². The van der Waals surface area contributed by atoms with Crippen LogP contribution in [0.4, 0.5) is 23.2 Å². The molecule has 0 fully saturated rings. The summed E-state index contributed by atoms with van der Waals surface area (Å²) in [5, 5.41) is 2.08. The van der Waals surface area contributed by atoms with Gasteiger partial charge >= 0.3 is 12.1 Å². The van der Waals surface area contributed by atoms with E-state index in [0.717, 1.165) is 18.2 Å². The van der Waals surface area contributed by atoms with Crippen LogP contribution < -0.4 is 5.32 Å². The van der Waals surface area contributed by atoms with Gasteiger partial charge in [0.05, 0.1) is 16.8 Å². The van der Waals surface area contributed by atoms with Gasteiger partial charge in [0.15, 0.2) is 6.10 Å². The summed E-state index contributed by atoms with van der Waals surface area (Å²) in [7, 11) is 0. The molecule has 0 saturated heterocycles. The first-order valence-electron chi connectivity index (χ1n) is 7.54. The zero-order valence-electron chi connectivity index (χ0n) is 13.9. The fourth-order valence-corrected chi connectivity index (χ4v) is 2.08. The van der Waals surface area contributed by atoms with Crippen molar-refractivity contribution in [2.45, 2.75) is 26.1 Å². The number of hydrogen-bond donors (Lipinski definition) is 1. The first-order valence-corrected chi connectivity index (χ1v) is 7.54. The third-order valence-electron chi connectivity index (χ3n) is 3.55. The van der Waals surface area contributed by atoms with Gasteiger partial charge in [0.2, 0.25) is 0 Å². The number of carbonyl (C=O) groups is 2. The van der Waals surface area contributed by atoms with Crippen LogP contribution in [0.25, 0.3) is 0 Å². The predicted molar refractivity (Wildman–Crippen MR) is 86.1 cm³/mol. The number of esters is 1. The highest BCUT2D eigenvalue weighted by Gasteiger charge is 2.34. The van der Waals surface area contributed by atoms with Crippen molar-refractivity contribution in [1.29, 1.82) is 0 Å². The summed E-state index contributed by atoms with van der Waals surface area (Å²) >= 11 is 0. The molecule has 0 unspecified atom stereocenters. The monoisotopic (exact) mass is 369 g/mol. The van der Waals surface area contributed by atoms with Crippen LogP contribution in [-0.2, 0) is 15.7 Å². The smallest absolute Gasteiger partial charge is 0.418 e. The minimum absolute atomic E-state index is 0.108. The Bertz CT molecular complexity index is 833. The average Bonchev–Trinajstić information content (AvgIpc) is 2.56. The SMILES string of the molecule is Cc1ccc(C(=O)O[C@H](C)C(=O)Nc2ccccc2C(F)(F)F)cc1F. The molecule has 8 heteroatoms. The molecule has 0 spiro atoms. The maximum atomic E-state index is 13.5. The molecule has 0 aliphatic rings. The van der Waals surface area contributed by atoms with E-state index in [-0.39, 0.29) is 5.56 Å². The summed E-state index contributed by atoms with van der Waals surface area (Å²) in [6, 6.07) is 8.08. The van der Waals surface area contributed by atoms with E-state index in [1.165, 1.54) is 38.1 Å². The molecule has 1 N–H and O–H groups in total. The average molecular weight is 369 g/mol. The van der Waals surface area contributed by atoms with E-state index >= 15 is 0 Å². The largest absolute Gasteiger partial charge is 0.449 e. The first-order chi connectivity index (χ1) is 12.1. The Balaban J connectivity index is 2.09. The highest BCUT2D eigenvalue weighted by molar-refractivity contribution is 5.97. The number of aryl methyl sites for hydroxylation is 1. The molecule has 0 aliphatic carbocycles. The number of benzene rings is 2. The van der Waals surface area contributed by atoms with Crippen LogP contribution in [0.2, 0.25) is 0 Å². The normalized spacial score (nSPS) is 12.4. The molecule has 26 heavy (non-hydrogen) atoms. The number of para-hydroxylation sites is 1. The Labute approximate surface area is 146 Å². The number of carbonyl (C=O) groups excluding carboxylic acids is 2. The zero-order chi connectivity index (χ0) is 19.5. The lowest BCUT2D eigenvalue weighted by Gasteiger charge is -2.17. The van der Waals surface area contributed by atoms with Crippen LogP contribution >= 0.6 is 0 Å². The van der Waals surface area contributed by atoms with Crippen LogP contribution in [0.1, 0.15) is 28.4 Å². The van der Waals surface area contributed by atoms with E-state index in [1.54, 1.807) is 0 Å². The molecule has 138 valence electrons. The van der Waals surface area contributed by atoms with Crippen molar-refractivity contribution in [2.24, 2.45) is 0 Å². The first kappa shape index (κ1) is 19.4. The van der Waals surface area contributed by atoms with E-state index in [9.17, 15) is 27.2 Å². The summed E-state index contributed by atoms with van der Waals surface area (Å²) in [6.07, 6.45) is -6.03. The molecule has 0 aliphatic heterocycles. The second kappa shape index (κ2) is 7.55. The maximum Gasteiger partial charge on any atom is 0.418 e. The van der Waals surface area contributed by atoms with Gasteiger partial charge in [-0.2, -0.15) is 13.2 Å². The number of rotatable bonds is 4. The summed E-state index contributed by atoms with van der Waals surface area (Å²) in [4.78, 5) is 24.0. The van der Waals surface area contributed by atoms with Crippen molar-refractivity contribution in [3.8, 4) is 0 Å². The van der Waals surface area contributed by atoms with Crippen LogP contribution in [0.15, 0.2) is 42.5 Å². The molecule has 2 aromatic carbocycles.